The fraction of sp³-hybridized carbons (Fsp3) is 0.333. The number of hydrogen-bond acceptors (Lipinski definition) is 2. The average molecular weight is 398 g/mol. The van der Waals surface area contributed by atoms with Crippen LogP contribution in [0.15, 0.2) is 73.3 Å². The van der Waals surface area contributed by atoms with Gasteiger partial charge in [0.2, 0.25) is 0 Å². The van der Waals surface area contributed by atoms with Gasteiger partial charge in [0.15, 0.2) is 0 Å². The van der Waals surface area contributed by atoms with Crippen LogP contribution in [-0.2, 0) is 10.3 Å². The van der Waals surface area contributed by atoms with Crippen LogP contribution in [0, 0.1) is 5.92 Å². The molecule has 5 heteroatoms. The standard InChI is InChI=1S/C21H26ClNO.ClH.H2O/c1-5-20(22)23(3)16-17(2)21(24-4,18-12-8-6-9-13-18)19-14-10-7-11-15-19;;/h5-15,17,20H,1,16H2,2-4H3;1H;1H2. The van der Waals surface area contributed by atoms with Gasteiger partial charge in [-0.1, -0.05) is 73.7 Å². The first kappa shape index (κ1) is 24.6. The quantitative estimate of drug-likeness (QED) is 0.374. The van der Waals surface area contributed by atoms with Crippen LogP contribution < -0.4 is 0 Å². The molecule has 2 atom stereocenters. The largest absolute Gasteiger partial charge is 0.412 e. The topological polar surface area (TPSA) is 44.0 Å². The number of likely N-dealkylation sites (N-methyl/N-ethyl adjacent to an activating group) is 1. The number of alkyl halides is 1. The van der Waals surface area contributed by atoms with E-state index >= 15 is 0 Å². The average Bonchev–Trinajstić information content (AvgIpc) is 2.64. The minimum Gasteiger partial charge on any atom is -0.412 e. The van der Waals surface area contributed by atoms with Gasteiger partial charge in [-0.05, 0) is 18.2 Å². The van der Waals surface area contributed by atoms with Crippen LogP contribution in [0.5, 0.6) is 0 Å². The summed E-state index contributed by atoms with van der Waals surface area (Å²) in [4.78, 5) is 2.08. The van der Waals surface area contributed by atoms with Crippen molar-refractivity contribution in [2.45, 2.75) is 18.0 Å². The number of nitrogens with zero attached hydrogens (tertiary/aromatic N) is 1. The molecular formula is C21H29Cl2NO2. The van der Waals surface area contributed by atoms with E-state index in [0.717, 1.165) is 17.7 Å². The van der Waals surface area contributed by atoms with Gasteiger partial charge in [0.05, 0.1) is 0 Å². The molecule has 2 unspecified atom stereocenters. The van der Waals surface area contributed by atoms with E-state index in [1.807, 2.05) is 19.2 Å². The van der Waals surface area contributed by atoms with Crippen LogP contribution in [-0.4, -0.2) is 36.6 Å². The van der Waals surface area contributed by atoms with Gasteiger partial charge >= 0.3 is 0 Å². The van der Waals surface area contributed by atoms with Gasteiger partial charge in [-0.25, -0.2) is 0 Å². The van der Waals surface area contributed by atoms with Crippen molar-refractivity contribution in [1.82, 2.24) is 4.90 Å². The molecule has 2 N–H and O–H groups in total. The van der Waals surface area contributed by atoms with E-state index in [9.17, 15) is 0 Å². The van der Waals surface area contributed by atoms with Crippen molar-refractivity contribution >= 4 is 24.0 Å². The van der Waals surface area contributed by atoms with Crippen molar-refractivity contribution < 1.29 is 10.2 Å². The minimum absolute atomic E-state index is 0. The Balaban J connectivity index is 0.00000312. The van der Waals surface area contributed by atoms with E-state index in [0.29, 0.717) is 0 Å². The lowest BCUT2D eigenvalue weighted by Crippen LogP contribution is -2.43. The highest BCUT2D eigenvalue weighted by atomic mass is 35.5. The molecule has 0 aromatic heterocycles. The van der Waals surface area contributed by atoms with Crippen LogP contribution in [0.25, 0.3) is 0 Å². The Kier molecular flexibility index (Phi) is 10.8. The number of ether oxygens (including phenoxy) is 1. The van der Waals surface area contributed by atoms with Crippen molar-refractivity contribution in [1.29, 1.82) is 0 Å². The second kappa shape index (κ2) is 11.4. The molecule has 0 aliphatic carbocycles. The lowest BCUT2D eigenvalue weighted by molar-refractivity contribution is -0.0323. The van der Waals surface area contributed by atoms with Crippen molar-refractivity contribution in [3.8, 4) is 0 Å². The lowest BCUT2D eigenvalue weighted by atomic mass is 9.76. The molecule has 144 valence electrons. The Hall–Kier alpha value is -1.36. The monoisotopic (exact) mass is 397 g/mol. The maximum Gasteiger partial charge on any atom is 0.121 e. The van der Waals surface area contributed by atoms with E-state index in [2.05, 4.69) is 66.9 Å². The molecule has 0 spiro atoms. The lowest BCUT2D eigenvalue weighted by Gasteiger charge is -2.41. The molecule has 26 heavy (non-hydrogen) atoms. The van der Waals surface area contributed by atoms with Gasteiger partial charge in [-0.15, -0.1) is 30.6 Å². The van der Waals surface area contributed by atoms with Gasteiger partial charge in [-0.2, -0.15) is 0 Å². The second-order valence-corrected chi connectivity index (χ2v) is 6.57. The molecule has 0 amide bonds. The first-order chi connectivity index (χ1) is 11.6. The van der Waals surface area contributed by atoms with Gasteiger partial charge < -0.3 is 10.2 Å². The summed E-state index contributed by atoms with van der Waals surface area (Å²) in [5.74, 6) is 0.179. The third-order valence-electron chi connectivity index (χ3n) is 4.60. The maximum atomic E-state index is 6.31. The molecule has 0 fully saturated rings. The van der Waals surface area contributed by atoms with Crippen LogP contribution in [0.4, 0.5) is 0 Å². The van der Waals surface area contributed by atoms with E-state index in [4.69, 9.17) is 16.3 Å². The highest BCUT2D eigenvalue weighted by Crippen LogP contribution is 2.40. The zero-order chi connectivity index (χ0) is 17.6. The number of halogens is 2. The number of rotatable bonds is 8. The van der Waals surface area contributed by atoms with Crippen molar-refractivity contribution in [2.75, 3.05) is 20.7 Å². The molecular weight excluding hydrogens is 369 g/mol. The van der Waals surface area contributed by atoms with Gasteiger partial charge in [0, 0.05) is 19.6 Å². The fourth-order valence-electron chi connectivity index (χ4n) is 3.39. The molecule has 2 aromatic carbocycles. The molecule has 0 aliphatic heterocycles. The third kappa shape index (κ3) is 5.09. The Bertz CT molecular complexity index is 597. The van der Waals surface area contributed by atoms with Crippen LogP contribution in [0.3, 0.4) is 0 Å². The van der Waals surface area contributed by atoms with Crippen LogP contribution in [0.1, 0.15) is 18.1 Å². The van der Waals surface area contributed by atoms with Crippen molar-refractivity contribution in [3.05, 3.63) is 84.4 Å². The molecule has 0 bridgehead atoms. The molecule has 2 rings (SSSR count). The van der Waals surface area contributed by atoms with Gasteiger partial charge in [-0.3, -0.25) is 4.90 Å². The maximum absolute atomic E-state index is 6.31. The van der Waals surface area contributed by atoms with Crippen LogP contribution in [0.2, 0.25) is 0 Å². The summed E-state index contributed by atoms with van der Waals surface area (Å²) >= 11 is 6.31. The van der Waals surface area contributed by atoms with Crippen LogP contribution >= 0.6 is 24.0 Å². The SMILES string of the molecule is C=CC(Cl)N(C)CC(C)C(OC)(c1ccccc1)c1ccccc1.Cl.O. The van der Waals surface area contributed by atoms with Gasteiger partial charge in [0.1, 0.15) is 11.1 Å². The highest BCUT2D eigenvalue weighted by Gasteiger charge is 2.40. The van der Waals surface area contributed by atoms with Crippen molar-refractivity contribution in [2.24, 2.45) is 5.92 Å². The second-order valence-electron chi connectivity index (χ2n) is 6.12. The van der Waals surface area contributed by atoms with Crippen molar-refractivity contribution in [3.63, 3.8) is 0 Å². The summed E-state index contributed by atoms with van der Waals surface area (Å²) < 4.78 is 6.19. The summed E-state index contributed by atoms with van der Waals surface area (Å²) in [6, 6.07) is 20.8. The highest BCUT2D eigenvalue weighted by molar-refractivity contribution is 6.21. The normalized spacial score (nSPS) is 13.3. The van der Waals surface area contributed by atoms with E-state index < -0.39 is 5.60 Å². The number of methoxy groups -OCH3 is 1. The number of benzene rings is 2. The summed E-state index contributed by atoms with van der Waals surface area (Å²) in [5, 5.41) is 0. The Morgan fingerprint density at radius 3 is 1.85 bits per heavy atom. The molecule has 0 radical (unpaired) electrons. The smallest absolute Gasteiger partial charge is 0.121 e. The zero-order valence-electron chi connectivity index (χ0n) is 15.6. The summed E-state index contributed by atoms with van der Waals surface area (Å²) in [6.07, 6.45) is 1.74. The predicted molar refractivity (Wildman–Crippen MR) is 113 cm³/mol. The van der Waals surface area contributed by atoms with Gasteiger partial charge in [0.25, 0.3) is 0 Å². The van der Waals surface area contributed by atoms with E-state index in [1.165, 1.54) is 0 Å². The Morgan fingerprint density at radius 1 is 1.08 bits per heavy atom. The zero-order valence-corrected chi connectivity index (χ0v) is 17.1. The molecule has 2 aromatic rings. The first-order valence-electron chi connectivity index (χ1n) is 8.19. The number of hydrogen-bond donors (Lipinski definition) is 0. The first-order valence-corrected chi connectivity index (χ1v) is 8.63. The molecule has 0 saturated heterocycles. The summed E-state index contributed by atoms with van der Waals surface area (Å²) in [5.41, 5.74) is 1.55. The Morgan fingerprint density at radius 2 is 1.50 bits per heavy atom. The molecule has 0 aliphatic rings. The summed E-state index contributed by atoms with van der Waals surface area (Å²) in [6.45, 7) is 6.76. The molecule has 0 saturated carbocycles. The van der Waals surface area contributed by atoms with E-state index in [1.54, 1.807) is 13.2 Å². The fourth-order valence-corrected chi connectivity index (χ4v) is 3.46. The Labute approximate surface area is 168 Å². The predicted octanol–water partition coefficient (Wildman–Crippen LogP) is 4.49. The molecule has 3 nitrogen and oxygen atoms in total. The molecule has 0 heterocycles. The van der Waals surface area contributed by atoms with E-state index in [-0.39, 0.29) is 29.3 Å². The third-order valence-corrected chi connectivity index (χ3v) is 5.11. The minimum atomic E-state index is -0.533. The summed E-state index contributed by atoms with van der Waals surface area (Å²) in [7, 11) is 3.79.